The molecule has 2 heterocycles. The number of aliphatic imine (C=N–C) groups is 1. The Hall–Kier alpha value is -1.15. The largest absolute Gasteiger partial charge is 0.357 e. The van der Waals surface area contributed by atoms with Crippen molar-refractivity contribution in [2.75, 3.05) is 26.2 Å². The van der Waals surface area contributed by atoms with Gasteiger partial charge < -0.3 is 10.2 Å². The van der Waals surface area contributed by atoms with Crippen molar-refractivity contribution in [1.82, 2.24) is 15.2 Å². The van der Waals surface area contributed by atoms with E-state index in [9.17, 15) is 0 Å². The van der Waals surface area contributed by atoms with Crippen LogP contribution in [-0.4, -0.2) is 42.0 Å². The van der Waals surface area contributed by atoms with Crippen molar-refractivity contribution in [1.29, 1.82) is 0 Å². The number of hydrogen-bond acceptors (Lipinski definition) is 3. The molecule has 3 rings (SSSR count). The molecule has 0 radical (unpaired) electrons. The lowest BCUT2D eigenvalue weighted by Gasteiger charge is -2.39. The Morgan fingerprint density at radius 1 is 1.33 bits per heavy atom. The first-order chi connectivity index (χ1) is 12.7. The SMILES string of the molecule is CCNC(=NCCc1ncc(C)s1)N1CCC(c2ccccc2)C(C)C1.I. The molecule has 1 aromatic heterocycles. The Morgan fingerprint density at radius 3 is 2.74 bits per heavy atom. The first kappa shape index (κ1) is 22.1. The summed E-state index contributed by atoms with van der Waals surface area (Å²) in [6.45, 7) is 10.4. The number of piperidine rings is 1. The van der Waals surface area contributed by atoms with E-state index in [4.69, 9.17) is 4.99 Å². The van der Waals surface area contributed by atoms with Gasteiger partial charge in [-0.25, -0.2) is 4.98 Å². The lowest BCUT2D eigenvalue weighted by molar-refractivity contribution is 0.234. The first-order valence-electron chi connectivity index (χ1n) is 9.67. The number of benzene rings is 1. The van der Waals surface area contributed by atoms with E-state index in [0.29, 0.717) is 11.8 Å². The molecule has 0 amide bonds. The number of nitrogens with zero attached hydrogens (tertiary/aromatic N) is 3. The maximum absolute atomic E-state index is 4.87. The van der Waals surface area contributed by atoms with Gasteiger partial charge in [0.05, 0.1) is 5.01 Å². The number of halogens is 1. The van der Waals surface area contributed by atoms with Gasteiger partial charge in [-0.05, 0) is 37.7 Å². The van der Waals surface area contributed by atoms with Crippen molar-refractivity contribution in [3.63, 3.8) is 0 Å². The van der Waals surface area contributed by atoms with Crippen molar-refractivity contribution in [2.45, 2.75) is 39.5 Å². The molecule has 0 saturated carbocycles. The molecule has 4 nitrogen and oxygen atoms in total. The topological polar surface area (TPSA) is 40.5 Å². The zero-order valence-corrected chi connectivity index (χ0v) is 19.7. The van der Waals surface area contributed by atoms with Crippen LogP contribution in [0.4, 0.5) is 0 Å². The van der Waals surface area contributed by atoms with E-state index in [-0.39, 0.29) is 24.0 Å². The van der Waals surface area contributed by atoms with Gasteiger partial charge in [-0.15, -0.1) is 35.3 Å². The normalized spacial score (nSPS) is 20.3. The summed E-state index contributed by atoms with van der Waals surface area (Å²) in [5, 5.41) is 4.66. The number of likely N-dealkylation sites (tertiary alicyclic amines) is 1. The predicted octanol–water partition coefficient (Wildman–Crippen LogP) is 4.70. The van der Waals surface area contributed by atoms with Gasteiger partial charge in [-0.1, -0.05) is 37.3 Å². The van der Waals surface area contributed by atoms with E-state index in [1.807, 2.05) is 6.20 Å². The van der Waals surface area contributed by atoms with Crippen LogP contribution in [0.5, 0.6) is 0 Å². The van der Waals surface area contributed by atoms with Crippen LogP contribution in [-0.2, 0) is 6.42 Å². The highest BCUT2D eigenvalue weighted by Crippen LogP contribution is 2.32. The smallest absolute Gasteiger partial charge is 0.193 e. The van der Waals surface area contributed by atoms with Crippen LogP contribution >= 0.6 is 35.3 Å². The molecule has 27 heavy (non-hydrogen) atoms. The number of rotatable bonds is 5. The average molecular weight is 498 g/mol. The molecule has 1 aromatic carbocycles. The lowest BCUT2D eigenvalue weighted by Crippen LogP contribution is -2.48. The monoisotopic (exact) mass is 498 g/mol. The van der Waals surface area contributed by atoms with E-state index in [0.717, 1.165) is 38.6 Å². The van der Waals surface area contributed by atoms with Crippen molar-refractivity contribution in [3.8, 4) is 0 Å². The molecule has 1 aliphatic heterocycles. The lowest BCUT2D eigenvalue weighted by atomic mass is 9.82. The zero-order chi connectivity index (χ0) is 18.4. The highest BCUT2D eigenvalue weighted by Gasteiger charge is 2.28. The second-order valence-electron chi connectivity index (χ2n) is 7.08. The number of thiazole rings is 1. The van der Waals surface area contributed by atoms with E-state index >= 15 is 0 Å². The zero-order valence-electron chi connectivity index (χ0n) is 16.5. The van der Waals surface area contributed by atoms with Gasteiger partial charge in [-0.3, -0.25) is 4.99 Å². The Bertz CT molecular complexity index is 716. The number of guanidine groups is 1. The summed E-state index contributed by atoms with van der Waals surface area (Å²) < 4.78 is 0. The maximum atomic E-state index is 4.87. The van der Waals surface area contributed by atoms with Crippen molar-refractivity contribution >= 4 is 41.3 Å². The van der Waals surface area contributed by atoms with Gasteiger partial charge in [0.25, 0.3) is 0 Å². The molecule has 2 atom stereocenters. The molecule has 0 aliphatic carbocycles. The van der Waals surface area contributed by atoms with Gasteiger partial charge in [0.1, 0.15) is 0 Å². The fourth-order valence-corrected chi connectivity index (χ4v) is 4.51. The molecule has 2 unspecified atom stereocenters. The van der Waals surface area contributed by atoms with E-state index < -0.39 is 0 Å². The number of nitrogens with one attached hydrogen (secondary N) is 1. The molecule has 1 fully saturated rings. The van der Waals surface area contributed by atoms with Crippen LogP contribution in [0, 0.1) is 12.8 Å². The highest BCUT2D eigenvalue weighted by molar-refractivity contribution is 14.0. The molecule has 0 bridgehead atoms. The van der Waals surface area contributed by atoms with Crippen molar-refractivity contribution < 1.29 is 0 Å². The van der Waals surface area contributed by atoms with Gasteiger partial charge in [0, 0.05) is 43.7 Å². The maximum Gasteiger partial charge on any atom is 0.193 e. The molecule has 148 valence electrons. The van der Waals surface area contributed by atoms with E-state index in [1.165, 1.54) is 21.9 Å². The highest BCUT2D eigenvalue weighted by atomic mass is 127. The molecule has 1 aliphatic rings. The Balaban J connectivity index is 0.00000261. The van der Waals surface area contributed by atoms with Crippen molar-refractivity contribution in [3.05, 3.63) is 52.0 Å². The molecule has 0 spiro atoms. The van der Waals surface area contributed by atoms with Gasteiger partial charge in [0.2, 0.25) is 0 Å². The van der Waals surface area contributed by atoms with Crippen LogP contribution in [0.25, 0.3) is 0 Å². The second kappa shape index (κ2) is 11.0. The van der Waals surface area contributed by atoms with Gasteiger partial charge in [-0.2, -0.15) is 0 Å². The number of aromatic nitrogens is 1. The van der Waals surface area contributed by atoms with Gasteiger partial charge >= 0.3 is 0 Å². The van der Waals surface area contributed by atoms with E-state index in [1.54, 1.807) is 11.3 Å². The number of hydrogen-bond donors (Lipinski definition) is 1. The summed E-state index contributed by atoms with van der Waals surface area (Å²) in [4.78, 5) is 13.0. The van der Waals surface area contributed by atoms with Crippen LogP contribution < -0.4 is 5.32 Å². The van der Waals surface area contributed by atoms with Crippen LogP contribution in [0.2, 0.25) is 0 Å². The molecule has 6 heteroatoms. The first-order valence-corrected chi connectivity index (χ1v) is 10.5. The summed E-state index contributed by atoms with van der Waals surface area (Å²) >= 11 is 1.77. The summed E-state index contributed by atoms with van der Waals surface area (Å²) in [6.07, 6.45) is 4.05. The molecular formula is C21H31IN4S. The summed E-state index contributed by atoms with van der Waals surface area (Å²) in [5.74, 6) is 2.32. The third-order valence-electron chi connectivity index (χ3n) is 5.02. The third-order valence-corrected chi connectivity index (χ3v) is 6.00. The molecule has 1 N–H and O–H groups in total. The fourth-order valence-electron chi connectivity index (χ4n) is 3.73. The van der Waals surface area contributed by atoms with Crippen LogP contribution in [0.3, 0.4) is 0 Å². The predicted molar refractivity (Wildman–Crippen MR) is 126 cm³/mol. The fraction of sp³-hybridized carbons (Fsp3) is 0.524. The minimum Gasteiger partial charge on any atom is -0.357 e. The Kier molecular flexibility index (Phi) is 9.02. The average Bonchev–Trinajstić information content (AvgIpc) is 3.07. The molecule has 1 saturated heterocycles. The molecule has 2 aromatic rings. The minimum atomic E-state index is 0. The quantitative estimate of drug-likeness (QED) is 0.369. The molecular weight excluding hydrogens is 467 g/mol. The van der Waals surface area contributed by atoms with Gasteiger partial charge in [0.15, 0.2) is 5.96 Å². The van der Waals surface area contributed by atoms with E-state index in [2.05, 4.69) is 66.3 Å². The summed E-state index contributed by atoms with van der Waals surface area (Å²) in [6, 6.07) is 10.9. The standard InChI is InChI=1S/C21H30N4S.HI/c1-4-22-21(23-12-10-20-24-14-17(3)26-20)25-13-11-19(16(2)15-25)18-8-6-5-7-9-18;/h5-9,14,16,19H,4,10-13,15H2,1-3H3,(H,22,23);1H. The van der Waals surface area contributed by atoms with Crippen molar-refractivity contribution in [2.24, 2.45) is 10.9 Å². The van der Waals surface area contributed by atoms with Crippen LogP contribution in [0.1, 0.15) is 41.6 Å². The summed E-state index contributed by atoms with van der Waals surface area (Å²) in [5.41, 5.74) is 1.47. The summed E-state index contributed by atoms with van der Waals surface area (Å²) in [7, 11) is 0. The Morgan fingerprint density at radius 2 is 2.11 bits per heavy atom. The Labute approximate surface area is 184 Å². The van der Waals surface area contributed by atoms with Crippen LogP contribution in [0.15, 0.2) is 41.5 Å². The third kappa shape index (κ3) is 6.17. The minimum absolute atomic E-state index is 0. The second-order valence-corrected chi connectivity index (χ2v) is 8.40. The number of aryl methyl sites for hydroxylation is 1.